The van der Waals surface area contributed by atoms with Crippen molar-refractivity contribution < 1.29 is 5.11 Å². The Morgan fingerprint density at radius 3 is 2.93 bits per heavy atom. The Hall–Kier alpha value is -1.61. The molecule has 0 aliphatic heterocycles. The summed E-state index contributed by atoms with van der Waals surface area (Å²) in [5, 5.41) is 9.84. The van der Waals surface area contributed by atoms with Gasteiger partial charge in [-0.1, -0.05) is 17.7 Å². The Balaban J connectivity index is 2.40. The van der Waals surface area contributed by atoms with Crippen LogP contribution in [0.15, 0.2) is 42.2 Å². The van der Waals surface area contributed by atoms with Crippen LogP contribution in [-0.4, -0.2) is 14.5 Å². The lowest BCUT2D eigenvalue weighted by molar-refractivity contribution is 0.223. The average molecular weight is 202 g/mol. The van der Waals surface area contributed by atoms with E-state index >= 15 is 0 Å². The topological polar surface area (TPSA) is 37.5 Å². The first-order chi connectivity index (χ1) is 7.16. The van der Waals surface area contributed by atoms with Gasteiger partial charge in [-0.15, -0.1) is 0 Å². The molecule has 0 fully saturated rings. The third kappa shape index (κ3) is 2.07. The number of fused-ring (bicyclic) bond motifs is 1. The summed E-state index contributed by atoms with van der Waals surface area (Å²) in [6.45, 7) is 3.91. The zero-order valence-corrected chi connectivity index (χ0v) is 8.88. The Bertz CT molecular complexity index is 462. The number of hydrogen-bond donors (Lipinski definition) is 1. The van der Waals surface area contributed by atoms with Crippen LogP contribution in [-0.2, 0) is 0 Å². The van der Waals surface area contributed by atoms with Gasteiger partial charge in [-0.3, -0.25) is 0 Å². The van der Waals surface area contributed by atoms with E-state index in [1.54, 1.807) is 6.08 Å². The molecule has 15 heavy (non-hydrogen) atoms. The monoisotopic (exact) mass is 202 g/mol. The fourth-order valence-corrected chi connectivity index (χ4v) is 1.50. The number of nitrogens with zero attached hydrogens (tertiary/aromatic N) is 2. The van der Waals surface area contributed by atoms with Gasteiger partial charge in [0.15, 0.2) is 0 Å². The van der Waals surface area contributed by atoms with E-state index in [0.29, 0.717) is 5.69 Å². The Morgan fingerprint density at radius 2 is 2.27 bits per heavy atom. The van der Waals surface area contributed by atoms with Gasteiger partial charge in [-0.25, -0.2) is 4.98 Å². The van der Waals surface area contributed by atoms with Gasteiger partial charge in [-0.05, 0) is 26.0 Å². The molecule has 3 nitrogen and oxygen atoms in total. The highest BCUT2D eigenvalue weighted by Crippen LogP contribution is 2.15. The molecule has 2 rings (SSSR count). The number of aromatic nitrogens is 2. The van der Waals surface area contributed by atoms with Crippen molar-refractivity contribution in [3.8, 4) is 0 Å². The number of pyridine rings is 1. The molecular weight excluding hydrogens is 188 g/mol. The summed E-state index contributed by atoms with van der Waals surface area (Å²) in [7, 11) is 0. The smallest absolute Gasteiger partial charge is 0.137 e. The van der Waals surface area contributed by atoms with Gasteiger partial charge in [0.2, 0.25) is 0 Å². The molecule has 1 N–H and O–H groups in total. The minimum Gasteiger partial charge on any atom is -0.383 e. The Labute approximate surface area is 88.7 Å². The van der Waals surface area contributed by atoms with Crippen LogP contribution in [0.2, 0.25) is 0 Å². The molecule has 0 aromatic carbocycles. The second kappa shape index (κ2) is 3.87. The van der Waals surface area contributed by atoms with Crippen LogP contribution in [0.1, 0.15) is 25.6 Å². The summed E-state index contributed by atoms with van der Waals surface area (Å²) < 4.78 is 1.90. The lowest BCUT2D eigenvalue weighted by atomic mass is 10.2. The Kier molecular flexibility index (Phi) is 2.56. The molecule has 1 unspecified atom stereocenters. The standard InChI is InChI=1S/C12H14N2O/c1-9(2)7-11(15)10-8-14-6-4-3-5-12(14)13-10/h3-8,11,15H,1-2H3. The molecule has 0 saturated heterocycles. The van der Waals surface area contributed by atoms with Gasteiger partial charge in [0, 0.05) is 12.4 Å². The number of rotatable bonds is 2. The van der Waals surface area contributed by atoms with E-state index in [1.807, 2.05) is 48.8 Å². The van der Waals surface area contributed by atoms with Crippen molar-refractivity contribution >= 4 is 5.65 Å². The van der Waals surface area contributed by atoms with Crippen LogP contribution in [0.25, 0.3) is 5.65 Å². The van der Waals surface area contributed by atoms with E-state index in [-0.39, 0.29) is 0 Å². The largest absolute Gasteiger partial charge is 0.383 e. The highest BCUT2D eigenvalue weighted by Gasteiger charge is 2.08. The molecule has 78 valence electrons. The van der Waals surface area contributed by atoms with Gasteiger partial charge >= 0.3 is 0 Å². The van der Waals surface area contributed by atoms with E-state index < -0.39 is 6.10 Å². The second-order valence-electron chi connectivity index (χ2n) is 3.82. The average Bonchev–Trinajstić information content (AvgIpc) is 2.59. The molecular formula is C12H14N2O. The maximum Gasteiger partial charge on any atom is 0.137 e. The number of aliphatic hydroxyl groups excluding tert-OH is 1. The first-order valence-electron chi connectivity index (χ1n) is 4.93. The van der Waals surface area contributed by atoms with Crippen molar-refractivity contribution in [1.29, 1.82) is 0 Å². The van der Waals surface area contributed by atoms with E-state index in [2.05, 4.69) is 4.98 Å². The van der Waals surface area contributed by atoms with Gasteiger partial charge in [0.25, 0.3) is 0 Å². The van der Waals surface area contributed by atoms with Gasteiger partial charge in [0.05, 0.1) is 5.69 Å². The zero-order chi connectivity index (χ0) is 10.8. The minimum absolute atomic E-state index is 0.616. The summed E-state index contributed by atoms with van der Waals surface area (Å²) >= 11 is 0. The maximum absolute atomic E-state index is 9.84. The number of allylic oxidation sites excluding steroid dienone is 1. The SMILES string of the molecule is CC(C)=CC(O)c1cn2ccccc2n1. The lowest BCUT2D eigenvalue weighted by Crippen LogP contribution is -1.93. The predicted molar refractivity (Wildman–Crippen MR) is 59.6 cm³/mol. The van der Waals surface area contributed by atoms with Crippen LogP contribution in [0.4, 0.5) is 0 Å². The number of aliphatic hydroxyl groups is 1. The van der Waals surface area contributed by atoms with Crippen LogP contribution in [0.3, 0.4) is 0 Å². The first-order valence-corrected chi connectivity index (χ1v) is 4.93. The highest BCUT2D eigenvalue weighted by molar-refractivity contribution is 5.40. The van der Waals surface area contributed by atoms with Crippen molar-refractivity contribution in [2.45, 2.75) is 20.0 Å². The van der Waals surface area contributed by atoms with Crippen molar-refractivity contribution in [2.75, 3.05) is 0 Å². The van der Waals surface area contributed by atoms with Crippen molar-refractivity contribution in [3.63, 3.8) is 0 Å². The van der Waals surface area contributed by atoms with Crippen LogP contribution >= 0.6 is 0 Å². The van der Waals surface area contributed by atoms with E-state index in [0.717, 1.165) is 11.2 Å². The molecule has 3 heteroatoms. The molecule has 0 radical (unpaired) electrons. The van der Waals surface area contributed by atoms with Crippen LogP contribution in [0, 0.1) is 0 Å². The molecule has 2 aromatic heterocycles. The minimum atomic E-state index is -0.616. The Morgan fingerprint density at radius 1 is 1.47 bits per heavy atom. The van der Waals surface area contributed by atoms with E-state index in [4.69, 9.17) is 0 Å². The second-order valence-corrected chi connectivity index (χ2v) is 3.82. The first kappa shape index (κ1) is 9.93. The molecule has 0 aliphatic rings. The van der Waals surface area contributed by atoms with Crippen LogP contribution in [0.5, 0.6) is 0 Å². The molecule has 0 bridgehead atoms. The normalized spacial score (nSPS) is 12.7. The summed E-state index contributed by atoms with van der Waals surface area (Å²) in [6.07, 6.45) is 4.94. The highest BCUT2D eigenvalue weighted by atomic mass is 16.3. The van der Waals surface area contributed by atoms with E-state index in [9.17, 15) is 5.11 Å². The third-order valence-electron chi connectivity index (χ3n) is 2.18. The molecule has 2 heterocycles. The van der Waals surface area contributed by atoms with Gasteiger partial charge < -0.3 is 9.51 Å². The van der Waals surface area contributed by atoms with Crippen molar-refractivity contribution in [3.05, 3.63) is 47.9 Å². The number of hydrogen-bond acceptors (Lipinski definition) is 2. The van der Waals surface area contributed by atoms with Gasteiger partial charge in [0.1, 0.15) is 11.8 Å². The van der Waals surface area contributed by atoms with Crippen molar-refractivity contribution in [2.24, 2.45) is 0 Å². The third-order valence-corrected chi connectivity index (χ3v) is 2.18. The fraction of sp³-hybridized carbons (Fsp3) is 0.250. The predicted octanol–water partition coefficient (Wildman–Crippen LogP) is 2.33. The lowest BCUT2D eigenvalue weighted by Gasteiger charge is -2.00. The molecule has 2 aromatic rings. The molecule has 0 saturated carbocycles. The van der Waals surface area contributed by atoms with E-state index in [1.165, 1.54) is 0 Å². The fourth-order valence-electron chi connectivity index (χ4n) is 1.50. The summed E-state index contributed by atoms with van der Waals surface area (Å²) in [6, 6.07) is 5.78. The number of imidazole rings is 1. The quantitative estimate of drug-likeness (QED) is 0.759. The maximum atomic E-state index is 9.84. The summed E-state index contributed by atoms with van der Waals surface area (Å²) in [5.74, 6) is 0. The van der Waals surface area contributed by atoms with Gasteiger partial charge in [-0.2, -0.15) is 0 Å². The van der Waals surface area contributed by atoms with Crippen molar-refractivity contribution in [1.82, 2.24) is 9.38 Å². The molecule has 0 spiro atoms. The summed E-state index contributed by atoms with van der Waals surface area (Å²) in [5.41, 5.74) is 2.62. The summed E-state index contributed by atoms with van der Waals surface area (Å²) in [4.78, 5) is 4.33. The zero-order valence-electron chi connectivity index (χ0n) is 8.88. The van der Waals surface area contributed by atoms with Crippen LogP contribution < -0.4 is 0 Å². The molecule has 0 aliphatic carbocycles. The molecule has 1 atom stereocenters. The molecule has 0 amide bonds.